The second-order valence-electron chi connectivity index (χ2n) is 6.53. The number of nitrogens with zero attached hydrogens (tertiary/aromatic N) is 4. The largest absolute Gasteiger partial charge is 0.465 e. The fraction of sp³-hybridized carbons (Fsp3) is 0.158. The Bertz CT molecular complexity index is 1360. The number of carboxylic acid groups (broad SMARTS) is 1. The molecule has 0 aliphatic heterocycles. The van der Waals surface area contributed by atoms with E-state index in [1.807, 2.05) is 0 Å². The van der Waals surface area contributed by atoms with Gasteiger partial charge in [0.15, 0.2) is 0 Å². The molecule has 0 spiro atoms. The van der Waals surface area contributed by atoms with Crippen molar-refractivity contribution < 1.29 is 23.1 Å². The lowest BCUT2D eigenvalue weighted by atomic mass is 10.0. The summed E-state index contributed by atoms with van der Waals surface area (Å²) in [5, 5.41) is 10.8. The van der Waals surface area contributed by atoms with Crippen LogP contribution in [-0.2, 0) is 13.6 Å². The molecule has 4 aromatic rings. The van der Waals surface area contributed by atoms with Crippen LogP contribution in [0.3, 0.4) is 0 Å². The summed E-state index contributed by atoms with van der Waals surface area (Å²) in [7, 11) is 1.46. The summed E-state index contributed by atoms with van der Waals surface area (Å²) >= 11 is 0. The monoisotopic (exact) mass is 417 g/mol. The highest BCUT2D eigenvalue weighted by molar-refractivity contribution is 6.04. The first-order valence-corrected chi connectivity index (χ1v) is 8.74. The average molecular weight is 417 g/mol. The summed E-state index contributed by atoms with van der Waals surface area (Å²) in [5.41, 5.74) is -0.523. The predicted molar refractivity (Wildman–Crippen MR) is 102 cm³/mol. The molecule has 11 heteroatoms. The van der Waals surface area contributed by atoms with Crippen LogP contribution < -0.4 is 11.0 Å². The first-order valence-electron chi connectivity index (χ1n) is 8.74. The minimum atomic E-state index is -1.27. The Morgan fingerprint density at radius 1 is 1.20 bits per heavy atom. The van der Waals surface area contributed by atoms with Gasteiger partial charge in [-0.1, -0.05) is 0 Å². The van der Waals surface area contributed by atoms with E-state index in [0.29, 0.717) is 0 Å². The van der Waals surface area contributed by atoms with Gasteiger partial charge >= 0.3 is 11.8 Å². The number of nitrogens with one attached hydrogen (secondary N) is 1. The normalized spacial score (nSPS) is 11.3. The summed E-state index contributed by atoms with van der Waals surface area (Å²) in [6.45, 7) is -0.179. The third-order valence-corrected chi connectivity index (χ3v) is 4.78. The number of aromatic nitrogens is 4. The van der Waals surface area contributed by atoms with Crippen molar-refractivity contribution >= 4 is 28.0 Å². The van der Waals surface area contributed by atoms with Gasteiger partial charge in [-0.25, -0.2) is 23.4 Å². The second kappa shape index (κ2) is 7.17. The molecule has 8 nitrogen and oxygen atoms in total. The van der Waals surface area contributed by atoms with E-state index in [2.05, 4.69) is 15.3 Å². The van der Waals surface area contributed by atoms with Crippen LogP contribution in [0.2, 0.25) is 0 Å². The van der Waals surface area contributed by atoms with Gasteiger partial charge in [0.25, 0.3) is 0 Å². The zero-order valence-electron chi connectivity index (χ0n) is 15.5. The number of benzene rings is 1. The molecule has 4 rings (SSSR count). The molecule has 0 saturated carbocycles. The Kier molecular flexibility index (Phi) is 4.65. The summed E-state index contributed by atoms with van der Waals surface area (Å²) < 4.78 is 45.9. The summed E-state index contributed by atoms with van der Waals surface area (Å²) in [5.74, 6) is -2.70. The van der Waals surface area contributed by atoms with Crippen LogP contribution in [0, 0.1) is 17.6 Å². The van der Waals surface area contributed by atoms with Crippen molar-refractivity contribution in [3.8, 4) is 11.1 Å². The first kappa shape index (κ1) is 19.4. The maximum Gasteiger partial charge on any atom is 0.404 e. The van der Waals surface area contributed by atoms with Gasteiger partial charge < -0.3 is 10.4 Å². The Labute approximate surface area is 166 Å². The SMILES string of the molecule is Cn1c(=O)n(CCNC(=O)O)c2c3c(F)c(-c4ccc(F)nc4)c(F)cc3ncc21. The minimum Gasteiger partial charge on any atom is -0.465 e. The number of carbonyl (C=O) groups is 1. The standard InChI is InChI=1S/C19H14F3N5O3/c1-26-12-8-24-11-6-10(20)14(9-2-3-13(21)25-7-9)16(22)15(11)17(12)27(19(26)30)5-4-23-18(28)29/h2-3,6-8,23H,4-5H2,1H3,(H,28,29). The molecule has 0 atom stereocenters. The topological polar surface area (TPSA) is 102 Å². The molecule has 0 saturated heterocycles. The van der Waals surface area contributed by atoms with E-state index in [9.17, 15) is 18.4 Å². The van der Waals surface area contributed by atoms with Gasteiger partial charge in [0.05, 0.1) is 33.7 Å². The fourth-order valence-electron chi connectivity index (χ4n) is 3.42. The zero-order chi connectivity index (χ0) is 21.6. The Balaban J connectivity index is 2.03. The number of pyridine rings is 2. The number of aryl methyl sites for hydroxylation is 1. The third kappa shape index (κ3) is 3.04. The highest BCUT2D eigenvalue weighted by Gasteiger charge is 2.22. The maximum atomic E-state index is 15.6. The second-order valence-corrected chi connectivity index (χ2v) is 6.53. The maximum absolute atomic E-state index is 15.6. The Morgan fingerprint density at radius 2 is 1.97 bits per heavy atom. The van der Waals surface area contributed by atoms with Crippen molar-refractivity contribution in [1.82, 2.24) is 24.4 Å². The van der Waals surface area contributed by atoms with Crippen LogP contribution in [0.1, 0.15) is 0 Å². The Hall–Kier alpha value is -3.89. The molecular formula is C19H14F3N5O3. The lowest BCUT2D eigenvalue weighted by molar-refractivity contribution is 0.194. The van der Waals surface area contributed by atoms with Gasteiger partial charge in [0, 0.05) is 38.0 Å². The molecule has 154 valence electrons. The summed E-state index contributed by atoms with van der Waals surface area (Å²) in [6, 6.07) is 3.19. The lowest BCUT2D eigenvalue weighted by Gasteiger charge is -2.11. The lowest BCUT2D eigenvalue weighted by Crippen LogP contribution is -2.30. The van der Waals surface area contributed by atoms with Crippen molar-refractivity contribution in [3.63, 3.8) is 0 Å². The van der Waals surface area contributed by atoms with E-state index >= 15 is 4.39 Å². The molecule has 0 aliphatic carbocycles. The van der Waals surface area contributed by atoms with Gasteiger partial charge in [0.2, 0.25) is 5.95 Å². The number of amides is 1. The van der Waals surface area contributed by atoms with E-state index in [-0.39, 0.29) is 40.6 Å². The van der Waals surface area contributed by atoms with Gasteiger partial charge in [-0.2, -0.15) is 4.39 Å². The quantitative estimate of drug-likeness (QED) is 0.497. The molecule has 3 heterocycles. The van der Waals surface area contributed by atoms with Crippen molar-refractivity contribution in [2.75, 3.05) is 6.54 Å². The number of halogens is 3. The smallest absolute Gasteiger partial charge is 0.404 e. The number of hydrogen-bond donors (Lipinski definition) is 2. The van der Waals surface area contributed by atoms with Crippen LogP contribution >= 0.6 is 0 Å². The van der Waals surface area contributed by atoms with Crippen LogP contribution in [0.4, 0.5) is 18.0 Å². The van der Waals surface area contributed by atoms with Crippen molar-refractivity contribution in [3.05, 3.63) is 58.7 Å². The summed E-state index contributed by atoms with van der Waals surface area (Å²) in [4.78, 5) is 30.9. The zero-order valence-corrected chi connectivity index (χ0v) is 15.5. The number of rotatable bonds is 4. The number of fused-ring (bicyclic) bond motifs is 3. The Morgan fingerprint density at radius 3 is 2.63 bits per heavy atom. The van der Waals surface area contributed by atoms with E-state index in [0.717, 1.165) is 18.3 Å². The minimum absolute atomic E-state index is 0.0164. The van der Waals surface area contributed by atoms with Crippen molar-refractivity contribution in [2.24, 2.45) is 7.05 Å². The highest BCUT2D eigenvalue weighted by Crippen LogP contribution is 2.34. The van der Waals surface area contributed by atoms with E-state index in [4.69, 9.17) is 5.11 Å². The summed E-state index contributed by atoms with van der Waals surface area (Å²) in [6.07, 6.45) is 1.05. The molecule has 3 aromatic heterocycles. The van der Waals surface area contributed by atoms with Gasteiger partial charge in [-0.15, -0.1) is 0 Å². The number of imidazole rings is 1. The first-order chi connectivity index (χ1) is 14.3. The molecule has 0 unspecified atom stereocenters. The predicted octanol–water partition coefficient (Wildman–Crippen LogP) is 2.64. The third-order valence-electron chi connectivity index (χ3n) is 4.78. The average Bonchev–Trinajstić information content (AvgIpc) is 2.93. The van der Waals surface area contributed by atoms with E-state index in [1.165, 1.54) is 28.4 Å². The number of hydrogen-bond acceptors (Lipinski definition) is 4. The van der Waals surface area contributed by atoms with E-state index in [1.54, 1.807) is 0 Å². The molecule has 30 heavy (non-hydrogen) atoms. The fourth-order valence-corrected chi connectivity index (χ4v) is 3.42. The van der Waals surface area contributed by atoms with Gasteiger partial charge in [0.1, 0.15) is 11.6 Å². The molecule has 0 fully saturated rings. The molecule has 2 N–H and O–H groups in total. The van der Waals surface area contributed by atoms with Crippen LogP contribution in [-0.4, -0.2) is 36.8 Å². The van der Waals surface area contributed by atoms with E-state index < -0.39 is 34.9 Å². The molecular weight excluding hydrogens is 403 g/mol. The molecule has 0 radical (unpaired) electrons. The van der Waals surface area contributed by atoms with Crippen molar-refractivity contribution in [2.45, 2.75) is 6.54 Å². The molecule has 1 amide bonds. The van der Waals surface area contributed by atoms with Crippen LogP contribution in [0.5, 0.6) is 0 Å². The molecule has 0 bridgehead atoms. The van der Waals surface area contributed by atoms with Crippen LogP contribution in [0.15, 0.2) is 35.4 Å². The van der Waals surface area contributed by atoms with Gasteiger partial charge in [-0.05, 0) is 12.1 Å². The molecule has 0 aliphatic rings. The van der Waals surface area contributed by atoms with Gasteiger partial charge in [-0.3, -0.25) is 14.1 Å². The van der Waals surface area contributed by atoms with Crippen molar-refractivity contribution in [1.29, 1.82) is 0 Å². The molecule has 1 aromatic carbocycles. The highest BCUT2D eigenvalue weighted by atomic mass is 19.1. The van der Waals surface area contributed by atoms with Crippen LogP contribution in [0.25, 0.3) is 33.1 Å².